The first kappa shape index (κ1) is 17.3. The van der Waals surface area contributed by atoms with Crippen molar-refractivity contribution in [3.05, 3.63) is 35.9 Å². The van der Waals surface area contributed by atoms with E-state index in [0.29, 0.717) is 24.9 Å². The van der Waals surface area contributed by atoms with Crippen LogP contribution in [0.15, 0.2) is 30.3 Å². The Kier molecular flexibility index (Phi) is 6.24. The fourth-order valence-electron chi connectivity index (χ4n) is 3.25. The highest BCUT2D eigenvalue weighted by Gasteiger charge is 2.33. The Morgan fingerprint density at radius 3 is 2.59 bits per heavy atom. The minimum atomic E-state index is 0. The highest BCUT2D eigenvalue weighted by molar-refractivity contribution is 5.85. The summed E-state index contributed by atoms with van der Waals surface area (Å²) in [5.74, 6) is 1.80. The Morgan fingerprint density at radius 2 is 1.95 bits per heavy atom. The van der Waals surface area contributed by atoms with Gasteiger partial charge >= 0.3 is 0 Å². The van der Waals surface area contributed by atoms with Gasteiger partial charge in [-0.1, -0.05) is 30.3 Å². The highest BCUT2D eigenvalue weighted by atomic mass is 35.5. The van der Waals surface area contributed by atoms with Crippen LogP contribution in [-0.4, -0.2) is 43.5 Å². The van der Waals surface area contributed by atoms with Crippen molar-refractivity contribution in [3.63, 3.8) is 0 Å². The van der Waals surface area contributed by atoms with E-state index < -0.39 is 0 Å². The maximum absolute atomic E-state index is 12.0. The molecule has 1 saturated carbocycles. The minimum Gasteiger partial charge on any atom is -0.355 e. The first-order valence-electron chi connectivity index (χ1n) is 8.00. The van der Waals surface area contributed by atoms with E-state index in [0.717, 1.165) is 25.6 Å². The topological polar surface area (TPSA) is 58.4 Å². The number of nitrogens with zero attached hydrogens (tertiary/aromatic N) is 1. The molecule has 2 atom stereocenters. The summed E-state index contributed by atoms with van der Waals surface area (Å²) >= 11 is 0. The van der Waals surface area contributed by atoms with Crippen LogP contribution in [0.4, 0.5) is 0 Å². The van der Waals surface area contributed by atoms with Crippen LogP contribution in [0.3, 0.4) is 0 Å². The van der Waals surface area contributed by atoms with Crippen LogP contribution in [0.2, 0.25) is 0 Å². The van der Waals surface area contributed by atoms with E-state index in [9.17, 15) is 4.79 Å². The lowest BCUT2D eigenvalue weighted by Crippen LogP contribution is -2.37. The van der Waals surface area contributed by atoms with Crippen LogP contribution in [0.1, 0.15) is 24.3 Å². The van der Waals surface area contributed by atoms with Gasteiger partial charge in [0.1, 0.15) is 0 Å². The molecule has 2 fully saturated rings. The number of hydrogen-bond donors (Lipinski definition) is 2. The summed E-state index contributed by atoms with van der Waals surface area (Å²) in [6, 6.07) is 10.5. The zero-order valence-electron chi connectivity index (χ0n) is 12.9. The molecule has 0 radical (unpaired) electrons. The van der Waals surface area contributed by atoms with E-state index in [1.54, 1.807) is 0 Å². The quantitative estimate of drug-likeness (QED) is 0.836. The Morgan fingerprint density at radius 1 is 1.23 bits per heavy atom. The molecule has 0 aromatic heterocycles. The van der Waals surface area contributed by atoms with Gasteiger partial charge in [0.05, 0.1) is 6.54 Å². The highest BCUT2D eigenvalue weighted by Crippen LogP contribution is 2.31. The molecule has 1 amide bonds. The molecule has 1 aromatic carbocycles. The van der Waals surface area contributed by atoms with E-state index in [-0.39, 0.29) is 18.3 Å². The molecule has 1 aromatic rings. The summed E-state index contributed by atoms with van der Waals surface area (Å²) < 4.78 is 0. The SMILES string of the molecule is Cl.NC[C@@H]1CN(CC(=O)NCC2CC2)C[C@H]1c1ccccc1. The van der Waals surface area contributed by atoms with Crippen LogP contribution in [0, 0.1) is 11.8 Å². The third kappa shape index (κ3) is 4.45. The van der Waals surface area contributed by atoms with Gasteiger partial charge in [0.15, 0.2) is 0 Å². The number of nitrogens with two attached hydrogens (primary N) is 1. The van der Waals surface area contributed by atoms with Gasteiger partial charge in [-0.2, -0.15) is 0 Å². The lowest BCUT2D eigenvalue weighted by molar-refractivity contribution is -0.122. The number of rotatable bonds is 6. The first-order valence-corrected chi connectivity index (χ1v) is 8.00. The van der Waals surface area contributed by atoms with Crippen LogP contribution in [0.5, 0.6) is 0 Å². The molecular formula is C17H26ClN3O. The molecule has 0 unspecified atom stereocenters. The lowest BCUT2D eigenvalue weighted by atomic mass is 9.89. The summed E-state index contributed by atoms with van der Waals surface area (Å²) in [5, 5.41) is 3.05. The summed E-state index contributed by atoms with van der Waals surface area (Å²) in [4.78, 5) is 14.2. The van der Waals surface area contributed by atoms with Gasteiger partial charge in [-0.15, -0.1) is 12.4 Å². The fraction of sp³-hybridized carbons (Fsp3) is 0.588. The van der Waals surface area contributed by atoms with Gasteiger partial charge in [-0.3, -0.25) is 9.69 Å². The number of halogens is 1. The van der Waals surface area contributed by atoms with Crippen molar-refractivity contribution in [2.75, 3.05) is 32.7 Å². The van der Waals surface area contributed by atoms with Gasteiger partial charge in [-0.05, 0) is 36.8 Å². The Balaban J connectivity index is 0.00000176. The van der Waals surface area contributed by atoms with Crippen molar-refractivity contribution < 1.29 is 4.79 Å². The second-order valence-corrected chi connectivity index (χ2v) is 6.45. The predicted octanol–water partition coefficient (Wildman–Crippen LogP) is 1.61. The van der Waals surface area contributed by atoms with E-state index >= 15 is 0 Å². The smallest absolute Gasteiger partial charge is 0.234 e. The molecule has 0 spiro atoms. The number of benzene rings is 1. The molecule has 5 heteroatoms. The molecule has 0 bridgehead atoms. The first-order chi connectivity index (χ1) is 10.3. The minimum absolute atomic E-state index is 0. The summed E-state index contributed by atoms with van der Waals surface area (Å²) in [7, 11) is 0. The van der Waals surface area contributed by atoms with Gasteiger partial charge in [0, 0.05) is 25.6 Å². The van der Waals surface area contributed by atoms with E-state index in [1.165, 1.54) is 18.4 Å². The van der Waals surface area contributed by atoms with Crippen molar-refractivity contribution in [1.29, 1.82) is 0 Å². The average molecular weight is 324 g/mol. The van der Waals surface area contributed by atoms with Gasteiger partial charge < -0.3 is 11.1 Å². The van der Waals surface area contributed by atoms with Crippen LogP contribution >= 0.6 is 12.4 Å². The number of hydrogen-bond acceptors (Lipinski definition) is 3. The van der Waals surface area contributed by atoms with Gasteiger partial charge in [0.2, 0.25) is 5.91 Å². The number of carbonyl (C=O) groups excluding carboxylic acids is 1. The van der Waals surface area contributed by atoms with Gasteiger partial charge in [0.25, 0.3) is 0 Å². The molecule has 3 N–H and O–H groups in total. The molecule has 4 nitrogen and oxygen atoms in total. The third-order valence-corrected chi connectivity index (χ3v) is 4.70. The molecule has 2 aliphatic rings. The van der Waals surface area contributed by atoms with Crippen molar-refractivity contribution in [2.45, 2.75) is 18.8 Å². The monoisotopic (exact) mass is 323 g/mol. The van der Waals surface area contributed by atoms with Crippen molar-refractivity contribution in [2.24, 2.45) is 17.6 Å². The van der Waals surface area contributed by atoms with Crippen LogP contribution in [0.25, 0.3) is 0 Å². The summed E-state index contributed by atoms with van der Waals surface area (Å²) in [6.07, 6.45) is 2.55. The van der Waals surface area contributed by atoms with E-state index in [1.807, 2.05) is 6.07 Å². The molecule has 1 aliphatic carbocycles. The molecule has 1 aliphatic heterocycles. The van der Waals surface area contributed by atoms with Crippen LogP contribution in [-0.2, 0) is 4.79 Å². The zero-order chi connectivity index (χ0) is 14.7. The summed E-state index contributed by atoms with van der Waals surface area (Å²) in [6.45, 7) is 3.90. The molecule has 3 rings (SSSR count). The number of nitrogens with one attached hydrogen (secondary N) is 1. The number of amides is 1. The molecule has 1 saturated heterocycles. The van der Waals surface area contributed by atoms with E-state index in [2.05, 4.69) is 34.5 Å². The predicted molar refractivity (Wildman–Crippen MR) is 91.1 cm³/mol. The van der Waals surface area contributed by atoms with Crippen molar-refractivity contribution >= 4 is 18.3 Å². The van der Waals surface area contributed by atoms with Crippen molar-refractivity contribution in [3.8, 4) is 0 Å². The van der Waals surface area contributed by atoms with E-state index in [4.69, 9.17) is 5.73 Å². The Bertz CT molecular complexity index is 478. The lowest BCUT2D eigenvalue weighted by Gasteiger charge is -2.16. The molecule has 22 heavy (non-hydrogen) atoms. The second kappa shape index (κ2) is 7.95. The number of carbonyl (C=O) groups is 1. The molecule has 1 heterocycles. The summed E-state index contributed by atoms with van der Waals surface area (Å²) in [5.41, 5.74) is 7.28. The van der Waals surface area contributed by atoms with Gasteiger partial charge in [-0.25, -0.2) is 0 Å². The maximum Gasteiger partial charge on any atom is 0.234 e. The standard InChI is InChI=1S/C17H25N3O.ClH/c18-8-15-10-20(12-17(21)19-9-13-6-7-13)11-16(15)14-4-2-1-3-5-14;/h1-5,13,15-16H,6-12,18H2,(H,19,21);1H/t15-,16+;/m1./s1. The molecular weight excluding hydrogens is 298 g/mol. The number of likely N-dealkylation sites (tertiary alicyclic amines) is 1. The fourth-order valence-corrected chi connectivity index (χ4v) is 3.25. The Hall–Kier alpha value is -1.10. The average Bonchev–Trinajstić information content (AvgIpc) is 3.26. The zero-order valence-corrected chi connectivity index (χ0v) is 13.7. The largest absolute Gasteiger partial charge is 0.355 e. The third-order valence-electron chi connectivity index (χ3n) is 4.70. The van der Waals surface area contributed by atoms with Crippen molar-refractivity contribution in [1.82, 2.24) is 10.2 Å². The van der Waals surface area contributed by atoms with Crippen LogP contribution < -0.4 is 11.1 Å². The molecule has 122 valence electrons. The Labute approximate surface area is 138 Å². The second-order valence-electron chi connectivity index (χ2n) is 6.45. The maximum atomic E-state index is 12.0. The normalized spacial score (nSPS) is 24.8.